The van der Waals surface area contributed by atoms with Crippen LogP contribution in [0.25, 0.3) is 0 Å². The Labute approximate surface area is 180 Å². The summed E-state index contributed by atoms with van der Waals surface area (Å²) in [6, 6.07) is 8.50. The molecule has 1 aliphatic rings. The molecule has 5 nitrogen and oxygen atoms in total. The molecule has 0 bridgehead atoms. The van der Waals surface area contributed by atoms with E-state index in [4.69, 9.17) is 4.52 Å². The van der Waals surface area contributed by atoms with Crippen LogP contribution in [0.5, 0.6) is 0 Å². The number of rotatable bonds is 6. The summed E-state index contributed by atoms with van der Waals surface area (Å²) in [4.78, 5) is 4.34. The smallest absolute Gasteiger partial charge is 0.191 e. The van der Waals surface area contributed by atoms with Crippen LogP contribution in [0, 0.1) is 13.8 Å². The lowest BCUT2D eigenvalue weighted by Crippen LogP contribution is -2.42. The zero-order valence-electron chi connectivity index (χ0n) is 15.4. The van der Waals surface area contributed by atoms with E-state index in [1.807, 2.05) is 20.9 Å². The molecule has 2 aromatic rings. The molecule has 0 aliphatic heterocycles. The first-order chi connectivity index (χ1) is 12.1. The van der Waals surface area contributed by atoms with E-state index in [1.165, 1.54) is 28.4 Å². The van der Waals surface area contributed by atoms with Gasteiger partial charge >= 0.3 is 0 Å². The number of halogens is 2. The van der Waals surface area contributed by atoms with Gasteiger partial charge in [-0.05, 0) is 44.7 Å². The number of aryl methyl sites for hydroxylation is 2. The van der Waals surface area contributed by atoms with Crippen molar-refractivity contribution in [3.63, 3.8) is 0 Å². The lowest BCUT2D eigenvalue weighted by molar-refractivity contribution is 0.392. The van der Waals surface area contributed by atoms with Crippen molar-refractivity contribution in [3.8, 4) is 0 Å². The second-order valence-electron chi connectivity index (χ2n) is 6.67. The standard InChI is InChI=1S/C19H25BrN4O.HI/c1-13-15(14(2)25-24-13)8-11-22-18(21-3)23-12-19(9-10-19)16-6-4-5-7-17(16)20;/h4-7H,8-12H2,1-3H3,(H2,21,22,23);1H. The highest BCUT2D eigenvalue weighted by Gasteiger charge is 2.45. The van der Waals surface area contributed by atoms with Crippen LogP contribution >= 0.6 is 39.9 Å². The molecule has 3 rings (SSSR count). The summed E-state index contributed by atoms with van der Waals surface area (Å²) in [6.07, 6.45) is 3.29. The van der Waals surface area contributed by atoms with Crippen molar-refractivity contribution in [1.29, 1.82) is 0 Å². The highest BCUT2D eigenvalue weighted by Crippen LogP contribution is 2.49. The zero-order chi connectivity index (χ0) is 17.9. The third kappa shape index (κ3) is 4.79. The molecule has 1 aromatic carbocycles. The normalized spacial score (nSPS) is 15.3. The third-order valence-electron chi connectivity index (χ3n) is 4.97. The Morgan fingerprint density at radius 1 is 1.27 bits per heavy atom. The van der Waals surface area contributed by atoms with E-state index in [9.17, 15) is 0 Å². The van der Waals surface area contributed by atoms with Crippen molar-refractivity contribution in [2.75, 3.05) is 20.1 Å². The van der Waals surface area contributed by atoms with Gasteiger partial charge in [0.25, 0.3) is 0 Å². The van der Waals surface area contributed by atoms with E-state index in [-0.39, 0.29) is 29.4 Å². The predicted octanol–water partition coefficient (Wildman–Crippen LogP) is 4.11. The molecule has 7 heteroatoms. The van der Waals surface area contributed by atoms with Crippen LogP contribution in [0.2, 0.25) is 0 Å². The molecule has 1 aromatic heterocycles. The molecule has 1 saturated carbocycles. The summed E-state index contributed by atoms with van der Waals surface area (Å²) in [5.41, 5.74) is 3.75. The monoisotopic (exact) mass is 532 g/mol. The van der Waals surface area contributed by atoms with Crippen LogP contribution in [0.15, 0.2) is 38.3 Å². The molecule has 0 amide bonds. The van der Waals surface area contributed by atoms with Crippen LogP contribution in [0.4, 0.5) is 0 Å². The van der Waals surface area contributed by atoms with Gasteiger partial charge in [-0.15, -0.1) is 24.0 Å². The minimum Gasteiger partial charge on any atom is -0.361 e. The summed E-state index contributed by atoms with van der Waals surface area (Å²) in [7, 11) is 1.81. The molecule has 0 atom stereocenters. The Kier molecular flexibility index (Phi) is 7.52. The van der Waals surface area contributed by atoms with Crippen LogP contribution in [-0.2, 0) is 11.8 Å². The largest absolute Gasteiger partial charge is 0.361 e. The number of nitrogens with one attached hydrogen (secondary N) is 2. The molecule has 26 heavy (non-hydrogen) atoms. The molecule has 142 valence electrons. The number of guanidine groups is 1. The topological polar surface area (TPSA) is 62.5 Å². The van der Waals surface area contributed by atoms with Gasteiger partial charge in [0.05, 0.1) is 5.69 Å². The third-order valence-corrected chi connectivity index (χ3v) is 5.66. The van der Waals surface area contributed by atoms with Gasteiger partial charge in [0.15, 0.2) is 5.96 Å². The maximum Gasteiger partial charge on any atom is 0.191 e. The SMILES string of the molecule is CN=C(NCCc1c(C)noc1C)NCC1(c2ccccc2Br)CC1.I. The summed E-state index contributed by atoms with van der Waals surface area (Å²) in [5.74, 6) is 1.73. The van der Waals surface area contributed by atoms with E-state index in [0.29, 0.717) is 0 Å². The van der Waals surface area contributed by atoms with Gasteiger partial charge in [-0.25, -0.2) is 0 Å². The van der Waals surface area contributed by atoms with Gasteiger partial charge < -0.3 is 15.2 Å². The summed E-state index contributed by atoms with van der Waals surface area (Å²) < 4.78 is 6.40. The van der Waals surface area contributed by atoms with Gasteiger partial charge in [0.2, 0.25) is 0 Å². The van der Waals surface area contributed by atoms with E-state index in [1.54, 1.807) is 0 Å². The van der Waals surface area contributed by atoms with Gasteiger partial charge in [-0.1, -0.05) is 39.3 Å². The number of aliphatic imine (C=N–C) groups is 1. The average Bonchev–Trinajstić information content (AvgIpc) is 3.33. The molecule has 0 radical (unpaired) electrons. The van der Waals surface area contributed by atoms with Crippen molar-refractivity contribution in [2.24, 2.45) is 4.99 Å². The minimum atomic E-state index is 0. The molecular weight excluding hydrogens is 507 g/mol. The molecule has 2 N–H and O–H groups in total. The van der Waals surface area contributed by atoms with Crippen LogP contribution < -0.4 is 10.6 Å². The Morgan fingerprint density at radius 3 is 2.58 bits per heavy atom. The second-order valence-corrected chi connectivity index (χ2v) is 7.52. The number of benzene rings is 1. The van der Waals surface area contributed by atoms with Crippen LogP contribution in [0.1, 0.15) is 35.4 Å². The van der Waals surface area contributed by atoms with Gasteiger partial charge in [-0.3, -0.25) is 4.99 Å². The highest BCUT2D eigenvalue weighted by atomic mass is 127. The second kappa shape index (κ2) is 9.21. The predicted molar refractivity (Wildman–Crippen MR) is 120 cm³/mol. The number of nitrogens with zero attached hydrogens (tertiary/aromatic N) is 2. The Hall–Kier alpha value is -1.09. The number of aromatic nitrogens is 1. The molecule has 1 aliphatic carbocycles. The minimum absolute atomic E-state index is 0. The maximum atomic E-state index is 5.21. The average molecular weight is 533 g/mol. The fourth-order valence-corrected chi connectivity index (χ4v) is 3.93. The zero-order valence-corrected chi connectivity index (χ0v) is 19.4. The Balaban J connectivity index is 0.00000243. The first-order valence-corrected chi connectivity index (χ1v) is 9.46. The molecular formula is C19H26BrIN4O. The fraction of sp³-hybridized carbons (Fsp3) is 0.474. The Morgan fingerprint density at radius 2 is 2.00 bits per heavy atom. The van der Waals surface area contributed by atoms with Crippen LogP contribution in [0.3, 0.4) is 0 Å². The lowest BCUT2D eigenvalue weighted by atomic mass is 9.96. The lowest BCUT2D eigenvalue weighted by Gasteiger charge is -2.20. The number of hydrogen-bond donors (Lipinski definition) is 2. The summed E-state index contributed by atoms with van der Waals surface area (Å²) in [6.45, 7) is 5.62. The Bertz CT molecular complexity index is 751. The van der Waals surface area contributed by atoms with Gasteiger partial charge in [0, 0.05) is 35.6 Å². The molecule has 0 unspecified atom stereocenters. The van der Waals surface area contributed by atoms with Gasteiger partial charge in [0.1, 0.15) is 5.76 Å². The quantitative estimate of drug-likeness (QED) is 0.334. The molecule has 1 fully saturated rings. The van der Waals surface area contributed by atoms with E-state index >= 15 is 0 Å². The van der Waals surface area contributed by atoms with E-state index in [0.717, 1.165) is 36.9 Å². The van der Waals surface area contributed by atoms with Crippen molar-refractivity contribution in [1.82, 2.24) is 15.8 Å². The van der Waals surface area contributed by atoms with Crippen molar-refractivity contribution >= 4 is 45.9 Å². The van der Waals surface area contributed by atoms with Crippen molar-refractivity contribution in [2.45, 2.75) is 38.5 Å². The van der Waals surface area contributed by atoms with Crippen LogP contribution in [-0.4, -0.2) is 31.3 Å². The van der Waals surface area contributed by atoms with E-state index < -0.39 is 0 Å². The highest BCUT2D eigenvalue weighted by molar-refractivity contribution is 14.0. The van der Waals surface area contributed by atoms with Crippen molar-refractivity contribution in [3.05, 3.63) is 51.3 Å². The van der Waals surface area contributed by atoms with Crippen molar-refractivity contribution < 1.29 is 4.52 Å². The summed E-state index contributed by atoms with van der Waals surface area (Å²) in [5, 5.41) is 10.9. The fourth-order valence-electron chi connectivity index (χ4n) is 3.22. The first-order valence-electron chi connectivity index (χ1n) is 8.67. The van der Waals surface area contributed by atoms with Gasteiger partial charge in [-0.2, -0.15) is 0 Å². The maximum absolute atomic E-state index is 5.21. The molecule has 0 saturated heterocycles. The van der Waals surface area contributed by atoms with E-state index in [2.05, 4.69) is 61.0 Å². The molecule has 0 spiro atoms. The summed E-state index contributed by atoms with van der Waals surface area (Å²) >= 11 is 3.69. The number of hydrogen-bond acceptors (Lipinski definition) is 3. The first kappa shape index (κ1) is 21.2. The molecule has 1 heterocycles.